The van der Waals surface area contributed by atoms with Crippen LogP contribution in [0, 0.1) is 23.7 Å². The van der Waals surface area contributed by atoms with E-state index in [0.717, 1.165) is 34.8 Å². The maximum absolute atomic E-state index is 6.29. The summed E-state index contributed by atoms with van der Waals surface area (Å²) in [6.45, 7) is 0. The lowest BCUT2D eigenvalue weighted by molar-refractivity contribution is -0.0399. The number of benzene rings is 6. The molecule has 0 saturated heterocycles. The first-order chi connectivity index (χ1) is 23.8. The number of rotatable bonds is 2. The van der Waals surface area contributed by atoms with Crippen LogP contribution in [0.5, 0.6) is 0 Å². The van der Waals surface area contributed by atoms with Crippen LogP contribution in [0.3, 0.4) is 0 Å². The van der Waals surface area contributed by atoms with Crippen molar-refractivity contribution < 1.29 is 4.42 Å². The maximum atomic E-state index is 6.29. The third-order valence-corrected chi connectivity index (χ3v) is 13.2. The highest BCUT2D eigenvalue weighted by Crippen LogP contribution is 2.69. The van der Waals surface area contributed by atoms with Gasteiger partial charge < -0.3 is 8.98 Å². The first-order valence-electron chi connectivity index (χ1n) is 17.9. The molecule has 0 aliphatic heterocycles. The average Bonchev–Trinajstić information content (AvgIpc) is 3.76. The molecule has 230 valence electrons. The predicted octanol–water partition coefficient (Wildman–Crippen LogP) is 12.1. The second-order valence-electron chi connectivity index (χ2n) is 15.3. The second-order valence-corrected chi connectivity index (χ2v) is 15.3. The zero-order valence-corrected chi connectivity index (χ0v) is 26.8. The van der Waals surface area contributed by atoms with Crippen molar-refractivity contribution in [3.63, 3.8) is 0 Å². The monoisotopic (exact) mass is 617 g/mol. The van der Waals surface area contributed by atoms with Gasteiger partial charge in [0.05, 0.1) is 11.0 Å². The van der Waals surface area contributed by atoms with E-state index in [2.05, 4.69) is 132 Å². The molecular weight excluding hydrogens is 583 g/mol. The minimum atomic E-state index is 0.192. The summed E-state index contributed by atoms with van der Waals surface area (Å²) in [5.74, 6) is 3.46. The molecule has 4 bridgehead atoms. The largest absolute Gasteiger partial charge is 0.456 e. The topological polar surface area (TPSA) is 18.1 Å². The fourth-order valence-corrected chi connectivity index (χ4v) is 11.7. The van der Waals surface area contributed by atoms with Gasteiger partial charge in [0, 0.05) is 32.6 Å². The Hall–Kier alpha value is -5.08. The molecule has 0 atom stereocenters. The van der Waals surface area contributed by atoms with Crippen LogP contribution in [0.25, 0.3) is 71.7 Å². The SMILES string of the molecule is c1ccc2c(c1)-c1cc(-n3c4ccccc4c4ccc(-c5cccc6oc7ccccc7c56)cc43)ccc1C21C2CC3CC(C2)CC1C3. The van der Waals surface area contributed by atoms with Gasteiger partial charge in [0.15, 0.2) is 0 Å². The van der Waals surface area contributed by atoms with Crippen molar-refractivity contribution in [3.8, 4) is 27.9 Å². The van der Waals surface area contributed by atoms with E-state index in [9.17, 15) is 0 Å². The molecule has 2 heteroatoms. The fraction of sp³-hybridized carbons (Fsp3) is 0.217. The summed E-state index contributed by atoms with van der Waals surface area (Å²) in [5.41, 5.74) is 14.4. The summed E-state index contributed by atoms with van der Waals surface area (Å²) in [5, 5.41) is 4.94. The molecule has 2 nitrogen and oxygen atoms in total. The summed E-state index contributed by atoms with van der Waals surface area (Å²) < 4.78 is 8.81. The van der Waals surface area contributed by atoms with Gasteiger partial charge in [-0.05, 0) is 126 Å². The van der Waals surface area contributed by atoms with Crippen molar-refractivity contribution in [1.29, 1.82) is 0 Å². The molecule has 0 N–H and O–H groups in total. The molecule has 2 aromatic heterocycles. The lowest BCUT2D eigenvalue weighted by Crippen LogP contribution is -2.55. The van der Waals surface area contributed by atoms with Gasteiger partial charge in [0.2, 0.25) is 0 Å². The zero-order valence-electron chi connectivity index (χ0n) is 26.8. The van der Waals surface area contributed by atoms with Crippen LogP contribution in [0.4, 0.5) is 0 Å². The predicted molar refractivity (Wildman–Crippen MR) is 197 cm³/mol. The Morgan fingerprint density at radius 1 is 0.500 bits per heavy atom. The molecule has 6 aromatic carbocycles. The number of para-hydroxylation sites is 2. The minimum absolute atomic E-state index is 0.192. The number of hydrogen-bond donors (Lipinski definition) is 0. The number of aromatic nitrogens is 1. The van der Waals surface area contributed by atoms with Crippen LogP contribution in [0.1, 0.15) is 43.2 Å². The molecule has 0 unspecified atom stereocenters. The third kappa shape index (κ3) is 3.15. The first-order valence-corrected chi connectivity index (χ1v) is 17.9. The summed E-state index contributed by atoms with van der Waals surface area (Å²) >= 11 is 0. The van der Waals surface area contributed by atoms with Crippen molar-refractivity contribution in [2.24, 2.45) is 23.7 Å². The number of hydrogen-bond acceptors (Lipinski definition) is 1. The van der Waals surface area contributed by atoms with E-state index >= 15 is 0 Å². The van der Waals surface area contributed by atoms with Gasteiger partial charge in [-0.3, -0.25) is 0 Å². The lowest BCUT2D eigenvalue weighted by atomic mass is 9.43. The Balaban J connectivity index is 1.10. The molecule has 13 rings (SSSR count). The van der Waals surface area contributed by atoms with Crippen molar-refractivity contribution in [2.75, 3.05) is 0 Å². The van der Waals surface area contributed by atoms with Crippen LogP contribution < -0.4 is 0 Å². The van der Waals surface area contributed by atoms with E-state index in [1.165, 1.54) is 92.6 Å². The highest BCUT2D eigenvalue weighted by molar-refractivity contribution is 6.14. The highest BCUT2D eigenvalue weighted by Gasteiger charge is 2.61. The van der Waals surface area contributed by atoms with Crippen molar-refractivity contribution in [2.45, 2.75) is 37.5 Å². The lowest BCUT2D eigenvalue weighted by Gasteiger charge is -2.61. The van der Waals surface area contributed by atoms with E-state index < -0.39 is 0 Å². The van der Waals surface area contributed by atoms with Gasteiger partial charge in [-0.15, -0.1) is 0 Å². The van der Waals surface area contributed by atoms with Crippen molar-refractivity contribution >= 4 is 43.7 Å². The van der Waals surface area contributed by atoms with Crippen LogP contribution in [-0.4, -0.2) is 4.57 Å². The van der Waals surface area contributed by atoms with Crippen molar-refractivity contribution in [3.05, 3.63) is 139 Å². The van der Waals surface area contributed by atoms with Gasteiger partial charge in [0.25, 0.3) is 0 Å². The van der Waals surface area contributed by atoms with Crippen LogP contribution in [-0.2, 0) is 5.41 Å². The Morgan fingerprint density at radius 3 is 2.06 bits per heavy atom. The molecule has 1 spiro atoms. The van der Waals surface area contributed by atoms with E-state index in [1.807, 2.05) is 0 Å². The summed E-state index contributed by atoms with van der Waals surface area (Å²) in [6, 6.07) is 47.8. The second kappa shape index (κ2) is 9.08. The van der Waals surface area contributed by atoms with E-state index in [0.29, 0.717) is 0 Å². The molecule has 2 heterocycles. The number of furan rings is 1. The summed E-state index contributed by atoms with van der Waals surface area (Å²) in [6.07, 6.45) is 7.14. The first kappa shape index (κ1) is 25.9. The summed E-state index contributed by atoms with van der Waals surface area (Å²) in [7, 11) is 0. The molecule has 4 fully saturated rings. The van der Waals surface area contributed by atoms with E-state index in [-0.39, 0.29) is 5.41 Å². The molecule has 0 radical (unpaired) electrons. The van der Waals surface area contributed by atoms with Gasteiger partial charge in [-0.25, -0.2) is 0 Å². The molecule has 8 aromatic rings. The Morgan fingerprint density at radius 2 is 1.19 bits per heavy atom. The third-order valence-electron chi connectivity index (χ3n) is 13.2. The van der Waals surface area contributed by atoms with Crippen molar-refractivity contribution in [1.82, 2.24) is 4.57 Å². The molecule has 0 amide bonds. The minimum Gasteiger partial charge on any atom is -0.456 e. The standard InChI is InChI=1S/C46H35NO/c1-4-12-39-34(8-1)38-26-32(17-19-40(38)46(39)30-21-27-20-28(23-30)24-31(46)22-27)47-41-13-5-2-9-35(41)36-18-16-29(25-42(36)47)33-11-7-15-44-45(33)37-10-3-6-14-43(37)48-44/h1-19,25-28,30-31H,20-24H2. The van der Waals surface area contributed by atoms with Gasteiger partial charge >= 0.3 is 0 Å². The maximum Gasteiger partial charge on any atom is 0.136 e. The fourth-order valence-electron chi connectivity index (χ4n) is 11.7. The van der Waals surface area contributed by atoms with Crippen LogP contribution >= 0.6 is 0 Å². The quantitative estimate of drug-likeness (QED) is 0.189. The molecule has 4 saturated carbocycles. The zero-order chi connectivity index (χ0) is 31.1. The molecule has 5 aliphatic rings. The Bertz CT molecular complexity index is 2620. The van der Waals surface area contributed by atoms with E-state index in [4.69, 9.17) is 4.42 Å². The van der Waals surface area contributed by atoms with Gasteiger partial charge in [-0.2, -0.15) is 0 Å². The van der Waals surface area contributed by atoms with Crippen LogP contribution in [0.15, 0.2) is 132 Å². The molecular formula is C46H35NO. The Labute approximate surface area is 279 Å². The Kier molecular flexibility index (Phi) is 4.91. The normalized spacial score (nSPS) is 25.2. The highest BCUT2D eigenvalue weighted by atomic mass is 16.3. The van der Waals surface area contributed by atoms with E-state index in [1.54, 1.807) is 11.1 Å². The van der Waals surface area contributed by atoms with Crippen LogP contribution in [0.2, 0.25) is 0 Å². The summed E-state index contributed by atoms with van der Waals surface area (Å²) in [4.78, 5) is 0. The smallest absolute Gasteiger partial charge is 0.136 e. The van der Waals surface area contributed by atoms with Gasteiger partial charge in [-0.1, -0.05) is 91.0 Å². The molecule has 5 aliphatic carbocycles. The number of fused-ring (bicyclic) bond motifs is 9. The molecule has 48 heavy (non-hydrogen) atoms. The number of nitrogens with zero attached hydrogens (tertiary/aromatic N) is 1. The van der Waals surface area contributed by atoms with Gasteiger partial charge in [0.1, 0.15) is 11.2 Å². The average molecular weight is 618 g/mol.